The molecule has 14 heavy (non-hydrogen) atoms. The number of hydrogen-bond donors (Lipinski definition) is 0. The Kier molecular flexibility index (Phi) is 3.97. The molecule has 0 spiro atoms. The minimum absolute atomic E-state index is 0.0365. The molecule has 0 radical (unpaired) electrons. The van der Waals surface area contributed by atoms with Gasteiger partial charge in [-0.1, -0.05) is 13.8 Å². The van der Waals surface area contributed by atoms with E-state index in [9.17, 15) is 4.79 Å². The van der Waals surface area contributed by atoms with Gasteiger partial charge < -0.3 is 4.74 Å². The van der Waals surface area contributed by atoms with Crippen molar-refractivity contribution in [1.82, 2.24) is 0 Å². The maximum Gasteiger partial charge on any atom is 0.312 e. The number of carbonyl (C=O) groups is 1. The van der Waals surface area contributed by atoms with Crippen LogP contribution < -0.4 is 0 Å². The summed E-state index contributed by atoms with van der Waals surface area (Å²) >= 11 is 0. The third-order valence-corrected chi connectivity index (χ3v) is 3.62. The average molecular weight is 198 g/mol. The normalized spacial score (nSPS) is 32.6. The minimum Gasteiger partial charge on any atom is -0.466 e. The number of carbonyl (C=O) groups excluding carboxylic acids is 1. The molecule has 1 saturated carbocycles. The standard InChI is InChI=1S/C12H22O2/c1-4-12(11(13)14-5-2)8-6-10(3)7-9-12/h10H,4-9H2,1-3H3. The van der Waals surface area contributed by atoms with E-state index in [0.29, 0.717) is 6.61 Å². The first-order valence-electron chi connectivity index (χ1n) is 5.82. The summed E-state index contributed by atoms with van der Waals surface area (Å²) in [4.78, 5) is 11.8. The van der Waals surface area contributed by atoms with Crippen molar-refractivity contribution < 1.29 is 9.53 Å². The molecular weight excluding hydrogens is 176 g/mol. The van der Waals surface area contributed by atoms with Crippen molar-refractivity contribution >= 4 is 5.97 Å². The van der Waals surface area contributed by atoms with Gasteiger partial charge in [-0.2, -0.15) is 0 Å². The topological polar surface area (TPSA) is 26.3 Å². The Labute approximate surface area is 87.0 Å². The van der Waals surface area contributed by atoms with E-state index >= 15 is 0 Å². The zero-order valence-corrected chi connectivity index (χ0v) is 9.64. The molecule has 0 saturated heterocycles. The number of rotatable bonds is 3. The largest absolute Gasteiger partial charge is 0.466 e. The summed E-state index contributed by atoms with van der Waals surface area (Å²) in [5.74, 6) is 0.818. The van der Waals surface area contributed by atoms with Gasteiger partial charge in [-0.25, -0.2) is 0 Å². The maximum absolute atomic E-state index is 11.8. The molecule has 0 bridgehead atoms. The van der Waals surface area contributed by atoms with Gasteiger partial charge in [-0.05, 0) is 44.9 Å². The molecule has 0 N–H and O–H groups in total. The highest BCUT2D eigenvalue weighted by atomic mass is 16.5. The molecule has 0 atom stereocenters. The number of hydrogen-bond acceptors (Lipinski definition) is 2. The molecule has 0 aromatic rings. The van der Waals surface area contributed by atoms with Crippen LogP contribution in [0.4, 0.5) is 0 Å². The molecule has 0 aromatic heterocycles. The first kappa shape index (κ1) is 11.5. The molecule has 0 heterocycles. The molecule has 0 aliphatic heterocycles. The molecular formula is C12H22O2. The summed E-state index contributed by atoms with van der Waals surface area (Å²) in [5.41, 5.74) is -0.150. The molecule has 1 aliphatic rings. The van der Waals surface area contributed by atoms with Crippen LogP contribution in [0.5, 0.6) is 0 Å². The summed E-state index contributed by atoms with van der Waals surface area (Å²) in [7, 11) is 0. The molecule has 82 valence electrons. The fourth-order valence-electron chi connectivity index (χ4n) is 2.30. The van der Waals surface area contributed by atoms with Crippen molar-refractivity contribution in [1.29, 1.82) is 0 Å². The van der Waals surface area contributed by atoms with E-state index in [0.717, 1.165) is 25.2 Å². The molecule has 0 aromatic carbocycles. The van der Waals surface area contributed by atoms with Gasteiger partial charge in [0.25, 0.3) is 0 Å². The maximum atomic E-state index is 11.8. The van der Waals surface area contributed by atoms with E-state index in [1.807, 2.05) is 6.92 Å². The van der Waals surface area contributed by atoms with Crippen molar-refractivity contribution in [3.8, 4) is 0 Å². The summed E-state index contributed by atoms with van der Waals surface area (Å²) in [6.45, 7) is 6.76. The highest BCUT2D eigenvalue weighted by Crippen LogP contribution is 2.42. The Morgan fingerprint density at radius 2 is 1.93 bits per heavy atom. The second-order valence-corrected chi connectivity index (χ2v) is 4.54. The van der Waals surface area contributed by atoms with Crippen molar-refractivity contribution in [2.75, 3.05) is 6.61 Å². The number of esters is 1. The Bertz CT molecular complexity index is 190. The van der Waals surface area contributed by atoms with E-state index < -0.39 is 0 Å². The monoisotopic (exact) mass is 198 g/mol. The van der Waals surface area contributed by atoms with Crippen molar-refractivity contribution in [3.63, 3.8) is 0 Å². The Hall–Kier alpha value is -0.530. The Morgan fingerprint density at radius 1 is 1.36 bits per heavy atom. The van der Waals surface area contributed by atoms with Crippen LogP contribution in [-0.4, -0.2) is 12.6 Å². The van der Waals surface area contributed by atoms with Gasteiger partial charge in [-0.15, -0.1) is 0 Å². The average Bonchev–Trinajstić information content (AvgIpc) is 2.20. The van der Waals surface area contributed by atoms with Crippen LogP contribution in [0.15, 0.2) is 0 Å². The molecule has 1 rings (SSSR count). The van der Waals surface area contributed by atoms with Crippen LogP contribution in [0.25, 0.3) is 0 Å². The van der Waals surface area contributed by atoms with Gasteiger partial charge in [0.2, 0.25) is 0 Å². The molecule has 0 unspecified atom stereocenters. The van der Waals surface area contributed by atoms with Crippen molar-refractivity contribution in [2.24, 2.45) is 11.3 Å². The predicted octanol–water partition coefficient (Wildman–Crippen LogP) is 3.16. The fraction of sp³-hybridized carbons (Fsp3) is 0.917. The van der Waals surface area contributed by atoms with Gasteiger partial charge in [-0.3, -0.25) is 4.79 Å². The van der Waals surface area contributed by atoms with Crippen LogP contribution in [-0.2, 0) is 9.53 Å². The summed E-state index contributed by atoms with van der Waals surface area (Å²) < 4.78 is 5.17. The third kappa shape index (κ3) is 2.28. The highest BCUT2D eigenvalue weighted by Gasteiger charge is 2.40. The quantitative estimate of drug-likeness (QED) is 0.651. The zero-order valence-electron chi connectivity index (χ0n) is 9.64. The highest BCUT2D eigenvalue weighted by molar-refractivity contribution is 5.76. The van der Waals surface area contributed by atoms with Gasteiger partial charge in [0.15, 0.2) is 0 Å². The molecule has 2 nitrogen and oxygen atoms in total. The lowest BCUT2D eigenvalue weighted by atomic mass is 9.69. The predicted molar refractivity (Wildman–Crippen MR) is 57.0 cm³/mol. The lowest BCUT2D eigenvalue weighted by Gasteiger charge is -2.36. The molecule has 1 aliphatic carbocycles. The fourth-order valence-corrected chi connectivity index (χ4v) is 2.30. The van der Waals surface area contributed by atoms with Gasteiger partial charge in [0.05, 0.1) is 12.0 Å². The van der Waals surface area contributed by atoms with E-state index in [2.05, 4.69) is 13.8 Å². The van der Waals surface area contributed by atoms with Crippen LogP contribution in [0.3, 0.4) is 0 Å². The molecule has 0 amide bonds. The van der Waals surface area contributed by atoms with Crippen LogP contribution in [0.2, 0.25) is 0 Å². The minimum atomic E-state index is -0.150. The van der Waals surface area contributed by atoms with E-state index in [1.165, 1.54) is 12.8 Å². The SMILES string of the molecule is CCOC(=O)C1(CC)CCC(C)CC1. The van der Waals surface area contributed by atoms with E-state index in [4.69, 9.17) is 4.74 Å². The summed E-state index contributed by atoms with van der Waals surface area (Å²) in [6.07, 6.45) is 5.31. The van der Waals surface area contributed by atoms with Crippen LogP contribution >= 0.6 is 0 Å². The smallest absolute Gasteiger partial charge is 0.312 e. The molecule has 2 heteroatoms. The van der Waals surface area contributed by atoms with E-state index in [-0.39, 0.29) is 11.4 Å². The number of ether oxygens (including phenoxy) is 1. The van der Waals surface area contributed by atoms with Gasteiger partial charge in [0, 0.05) is 0 Å². The van der Waals surface area contributed by atoms with Crippen LogP contribution in [0, 0.1) is 11.3 Å². The van der Waals surface area contributed by atoms with E-state index in [1.54, 1.807) is 0 Å². The lowest BCUT2D eigenvalue weighted by Crippen LogP contribution is -2.36. The third-order valence-electron chi connectivity index (χ3n) is 3.62. The summed E-state index contributed by atoms with van der Waals surface area (Å²) in [5, 5.41) is 0. The van der Waals surface area contributed by atoms with Gasteiger partial charge >= 0.3 is 5.97 Å². The lowest BCUT2D eigenvalue weighted by molar-refractivity contribution is -0.158. The molecule has 1 fully saturated rings. The zero-order chi connectivity index (χ0) is 10.6. The Morgan fingerprint density at radius 3 is 2.36 bits per heavy atom. The summed E-state index contributed by atoms with van der Waals surface area (Å²) in [6, 6.07) is 0. The Balaban J connectivity index is 2.62. The van der Waals surface area contributed by atoms with Gasteiger partial charge in [0.1, 0.15) is 0 Å². The van der Waals surface area contributed by atoms with Crippen molar-refractivity contribution in [2.45, 2.75) is 52.9 Å². The second-order valence-electron chi connectivity index (χ2n) is 4.54. The van der Waals surface area contributed by atoms with Crippen LogP contribution in [0.1, 0.15) is 52.9 Å². The first-order chi connectivity index (χ1) is 6.64. The second kappa shape index (κ2) is 4.81. The van der Waals surface area contributed by atoms with Crippen molar-refractivity contribution in [3.05, 3.63) is 0 Å². The first-order valence-corrected chi connectivity index (χ1v) is 5.82.